The lowest BCUT2D eigenvalue weighted by Crippen LogP contribution is -2.19. The van der Waals surface area contributed by atoms with E-state index in [0.29, 0.717) is 18.7 Å². The zero-order valence-corrected chi connectivity index (χ0v) is 11.3. The number of hydrogen-bond donors (Lipinski definition) is 2. The summed E-state index contributed by atoms with van der Waals surface area (Å²) in [6.45, 7) is 0.460. The van der Waals surface area contributed by atoms with Crippen LogP contribution >= 0.6 is 11.6 Å². The van der Waals surface area contributed by atoms with E-state index in [1.807, 2.05) is 0 Å². The van der Waals surface area contributed by atoms with Crippen LogP contribution in [0.15, 0.2) is 24.4 Å². The molecule has 2 rings (SSSR count). The molecule has 1 heterocycles. The average molecular weight is 298 g/mol. The summed E-state index contributed by atoms with van der Waals surface area (Å²) in [6.07, 6.45) is 2.25. The topological polar surface area (TPSA) is 85.8 Å². The number of rotatable bonds is 5. The van der Waals surface area contributed by atoms with Gasteiger partial charge in [-0.1, -0.05) is 16.8 Å². The number of anilines is 1. The molecule has 20 heavy (non-hydrogen) atoms. The standard InChI is InChI=1S/C12H13ClFN5O/c13-10-5-8(14)1-2-11(10)16-12(20)7-19-6-9(3-4-15)17-18-19/h1-2,5-6H,3-4,7,15H2,(H,16,20). The van der Waals surface area contributed by atoms with E-state index in [0.717, 1.165) is 11.8 Å². The Kier molecular flexibility index (Phi) is 4.65. The van der Waals surface area contributed by atoms with Crippen LogP contribution in [0.2, 0.25) is 5.02 Å². The second-order valence-electron chi connectivity index (χ2n) is 4.12. The number of hydrogen-bond acceptors (Lipinski definition) is 4. The van der Waals surface area contributed by atoms with Gasteiger partial charge in [0.05, 0.1) is 16.4 Å². The van der Waals surface area contributed by atoms with Gasteiger partial charge >= 0.3 is 0 Å². The van der Waals surface area contributed by atoms with E-state index in [1.165, 1.54) is 16.8 Å². The molecule has 0 aliphatic heterocycles. The number of nitrogens with zero attached hydrogens (tertiary/aromatic N) is 3. The molecule has 0 aliphatic carbocycles. The molecular formula is C12H13ClFN5O. The normalized spacial score (nSPS) is 10.6. The third kappa shape index (κ3) is 3.75. The predicted molar refractivity (Wildman–Crippen MR) is 72.8 cm³/mol. The Bertz CT molecular complexity index is 616. The van der Waals surface area contributed by atoms with Crippen molar-refractivity contribution in [2.24, 2.45) is 5.73 Å². The van der Waals surface area contributed by atoms with Gasteiger partial charge in [0.25, 0.3) is 0 Å². The second kappa shape index (κ2) is 6.44. The number of nitrogens with one attached hydrogen (secondary N) is 1. The molecule has 0 radical (unpaired) electrons. The van der Waals surface area contributed by atoms with E-state index in [9.17, 15) is 9.18 Å². The number of halogens is 2. The van der Waals surface area contributed by atoms with E-state index in [4.69, 9.17) is 17.3 Å². The molecular weight excluding hydrogens is 285 g/mol. The van der Waals surface area contributed by atoms with Gasteiger partial charge in [0, 0.05) is 12.6 Å². The first-order valence-corrected chi connectivity index (χ1v) is 6.30. The van der Waals surface area contributed by atoms with Gasteiger partial charge in [-0.05, 0) is 24.7 Å². The monoisotopic (exact) mass is 297 g/mol. The highest BCUT2D eigenvalue weighted by molar-refractivity contribution is 6.33. The Morgan fingerprint density at radius 2 is 2.30 bits per heavy atom. The molecule has 8 heteroatoms. The van der Waals surface area contributed by atoms with Gasteiger partial charge in [-0.2, -0.15) is 0 Å². The number of carbonyl (C=O) groups excluding carboxylic acids is 1. The highest BCUT2D eigenvalue weighted by atomic mass is 35.5. The first-order chi connectivity index (χ1) is 9.58. The van der Waals surface area contributed by atoms with E-state index < -0.39 is 5.82 Å². The SMILES string of the molecule is NCCc1cn(CC(=O)Nc2ccc(F)cc2Cl)nn1. The fourth-order valence-corrected chi connectivity index (χ4v) is 1.82. The van der Waals surface area contributed by atoms with Crippen molar-refractivity contribution >= 4 is 23.2 Å². The summed E-state index contributed by atoms with van der Waals surface area (Å²) in [5.74, 6) is -0.793. The first kappa shape index (κ1) is 14.4. The molecule has 0 unspecified atom stereocenters. The fourth-order valence-electron chi connectivity index (χ4n) is 1.61. The van der Waals surface area contributed by atoms with Crippen molar-refractivity contribution < 1.29 is 9.18 Å². The maximum atomic E-state index is 12.9. The van der Waals surface area contributed by atoms with Crippen LogP contribution in [0, 0.1) is 5.82 Å². The van der Waals surface area contributed by atoms with Gasteiger partial charge in [0.1, 0.15) is 12.4 Å². The number of aromatic nitrogens is 3. The lowest BCUT2D eigenvalue weighted by atomic mass is 10.3. The molecule has 1 aromatic carbocycles. The molecule has 1 amide bonds. The maximum Gasteiger partial charge on any atom is 0.246 e. The predicted octanol–water partition coefficient (Wildman–Crippen LogP) is 1.21. The summed E-state index contributed by atoms with van der Waals surface area (Å²) in [5, 5.41) is 10.4. The highest BCUT2D eigenvalue weighted by Crippen LogP contribution is 2.22. The minimum absolute atomic E-state index is 0.00865. The molecule has 0 fully saturated rings. The van der Waals surface area contributed by atoms with Crippen molar-refractivity contribution in [3.05, 3.63) is 40.9 Å². The van der Waals surface area contributed by atoms with Crippen LogP contribution in [0.4, 0.5) is 10.1 Å². The molecule has 3 N–H and O–H groups in total. The van der Waals surface area contributed by atoms with Crippen molar-refractivity contribution in [2.75, 3.05) is 11.9 Å². The molecule has 0 saturated heterocycles. The lowest BCUT2D eigenvalue weighted by Gasteiger charge is -2.06. The van der Waals surface area contributed by atoms with Crippen LogP contribution in [0.3, 0.4) is 0 Å². The summed E-state index contributed by atoms with van der Waals surface area (Å²) in [7, 11) is 0. The summed E-state index contributed by atoms with van der Waals surface area (Å²) in [6, 6.07) is 3.75. The van der Waals surface area contributed by atoms with Gasteiger partial charge in [0.15, 0.2) is 0 Å². The van der Waals surface area contributed by atoms with Crippen molar-refractivity contribution in [3.8, 4) is 0 Å². The van der Waals surface area contributed by atoms with Crippen LogP contribution in [-0.2, 0) is 17.8 Å². The molecule has 0 atom stereocenters. The minimum atomic E-state index is -0.462. The highest BCUT2D eigenvalue weighted by Gasteiger charge is 2.09. The summed E-state index contributed by atoms with van der Waals surface area (Å²) in [5.41, 5.74) is 6.47. The van der Waals surface area contributed by atoms with E-state index >= 15 is 0 Å². The Morgan fingerprint density at radius 3 is 3.00 bits per heavy atom. The second-order valence-corrected chi connectivity index (χ2v) is 4.53. The van der Waals surface area contributed by atoms with Gasteiger partial charge in [-0.3, -0.25) is 4.79 Å². The summed E-state index contributed by atoms with van der Waals surface area (Å²) in [4.78, 5) is 11.8. The molecule has 2 aromatic rings. The molecule has 6 nitrogen and oxygen atoms in total. The van der Waals surface area contributed by atoms with Crippen molar-refractivity contribution in [3.63, 3.8) is 0 Å². The smallest absolute Gasteiger partial charge is 0.246 e. The summed E-state index contributed by atoms with van der Waals surface area (Å²) < 4.78 is 14.3. The Labute approximate surface area is 119 Å². The number of nitrogens with two attached hydrogens (primary N) is 1. The van der Waals surface area contributed by atoms with Crippen molar-refractivity contribution in [1.29, 1.82) is 0 Å². The average Bonchev–Trinajstić information content (AvgIpc) is 2.81. The molecule has 0 bridgehead atoms. The zero-order chi connectivity index (χ0) is 14.5. The van der Waals surface area contributed by atoms with Crippen LogP contribution in [0.5, 0.6) is 0 Å². The van der Waals surface area contributed by atoms with Gasteiger partial charge in [0.2, 0.25) is 5.91 Å². The van der Waals surface area contributed by atoms with Crippen LogP contribution in [0.1, 0.15) is 5.69 Å². The Hall–Kier alpha value is -1.99. The Morgan fingerprint density at radius 1 is 1.50 bits per heavy atom. The van der Waals surface area contributed by atoms with Crippen LogP contribution in [-0.4, -0.2) is 27.4 Å². The lowest BCUT2D eigenvalue weighted by molar-refractivity contribution is -0.116. The van der Waals surface area contributed by atoms with E-state index in [-0.39, 0.29) is 17.5 Å². The largest absolute Gasteiger partial charge is 0.330 e. The summed E-state index contributed by atoms with van der Waals surface area (Å²) >= 11 is 5.82. The van der Waals surface area contributed by atoms with Gasteiger partial charge in [-0.25, -0.2) is 9.07 Å². The number of amides is 1. The van der Waals surface area contributed by atoms with Crippen LogP contribution < -0.4 is 11.1 Å². The van der Waals surface area contributed by atoms with E-state index in [2.05, 4.69) is 15.6 Å². The van der Waals surface area contributed by atoms with Crippen molar-refractivity contribution in [2.45, 2.75) is 13.0 Å². The Balaban J connectivity index is 1.97. The van der Waals surface area contributed by atoms with Crippen LogP contribution in [0.25, 0.3) is 0 Å². The van der Waals surface area contributed by atoms with Gasteiger partial charge in [-0.15, -0.1) is 5.10 Å². The third-order valence-electron chi connectivity index (χ3n) is 2.50. The third-order valence-corrected chi connectivity index (χ3v) is 2.81. The number of benzene rings is 1. The number of carbonyl (C=O) groups is 1. The van der Waals surface area contributed by atoms with Gasteiger partial charge < -0.3 is 11.1 Å². The van der Waals surface area contributed by atoms with Crippen molar-refractivity contribution in [1.82, 2.24) is 15.0 Å². The quantitative estimate of drug-likeness (QED) is 0.868. The molecule has 0 aliphatic rings. The molecule has 0 spiro atoms. The molecule has 1 aromatic heterocycles. The fraction of sp³-hybridized carbons (Fsp3) is 0.250. The first-order valence-electron chi connectivity index (χ1n) is 5.92. The molecule has 106 valence electrons. The molecule has 0 saturated carbocycles. The maximum absolute atomic E-state index is 12.9. The minimum Gasteiger partial charge on any atom is -0.330 e. The zero-order valence-electron chi connectivity index (χ0n) is 10.5. The van der Waals surface area contributed by atoms with E-state index in [1.54, 1.807) is 6.20 Å².